The predicted octanol–water partition coefficient (Wildman–Crippen LogP) is 1.83. The molecule has 0 saturated heterocycles. The van der Waals surface area contributed by atoms with Gasteiger partial charge in [-0.2, -0.15) is 12.6 Å². The molecule has 0 aliphatic carbocycles. The fourth-order valence-electron chi connectivity index (χ4n) is 1.08. The number of nitrogens with one attached hydrogen (secondary N) is 2. The second kappa shape index (κ2) is 3.06. The van der Waals surface area contributed by atoms with E-state index in [0.717, 1.165) is 17.1 Å². The predicted molar refractivity (Wildman–Crippen MR) is 51.1 cm³/mol. The third-order valence-corrected chi connectivity index (χ3v) is 1.99. The molecule has 2 N–H and O–H groups in total. The van der Waals surface area contributed by atoms with Crippen LogP contribution in [0.25, 0.3) is 11.3 Å². The van der Waals surface area contributed by atoms with Crippen molar-refractivity contribution in [3.63, 3.8) is 0 Å². The van der Waals surface area contributed by atoms with Gasteiger partial charge in [0.05, 0.1) is 11.9 Å². The van der Waals surface area contributed by atoms with Crippen LogP contribution in [0.5, 0.6) is 0 Å². The molecule has 2 heterocycles. The molecule has 0 fully saturated rings. The van der Waals surface area contributed by atoms with Gasteiger partial charge in [0.25, 0.3) is 0 Å². The highest BCUT2D eigenvalue weighted by molar-refractivity contribution is 7.79. The van der Waals surface area contributed by atoms with E-state index in [1.807, 2.05) is 24.7 Å². The van der Waals surface area contributed by atoms with Crippen molar-refractivity contribution in [3.05, 3.63) is 30.5 Å². The zero-order chi connectivity index (χ0) is 8.39. The summed E-state index contributed by atoms with van der Waals surface area (Å²) in [6.45, 7) is 0. The first-order chi connectivity index (χ1) is 5.90. The summed E-state index contributed by atoms with van der Waals surface area (Å²) in [6.07, 6.45) is 5.63. The first-order valence-electron chi connectivity index (χ1n) is 3.68. The number of aromatic nitrogens is 3. The molecule has 2 aromatic rings. The summed E-state index contributed by atoms with van der Waals surface area (Å²) in [5.74, 6) is 1.54. The van der Waals surface area contributed by atoms with E-state index in [9.17, 15) is 0 Å². The molecule has 0 saturated carbocycles. The SMILES string of the molecule is SCc1ncc(-c2cc[nH]c2)[nH]1. The van der Waals surface area contributed by atoms with E-state index in [4.69, 9.17) is 0 Å². The van der Waals surface area contributed by atoms with Crippen LogP contribution >= 0.6 is 12.6 Å². The first-order valence-corrected chi connectivity index (χ1v) is 4.31. The number of hydrogen-bond acceptors (Lipinski definition) is 2. The topological polar surface area (TPSA) is 44.5 Å². The van der Waals surface area contributed by atoms with Crippen LogP contribution in [0.4, 0.5) is 0 Å². The van der Waals surface area contributed by atoms with Gasteiger partial charge in [-0.05, 0) is 6.07 Å². The molecule has 2 aromatic heterocycles. The fourth-order valence-corrected chi connectivity index (χ4v) is 1.24. The minimum Gasteiger partial charge on any atom is -0.367 e. The second-order valence-corrected chi connectivity index (χ2v) is 2.82. The van der Waals surface area contributed by atoms with Crippen molar-refractivity contribution in [3.8, 4) is 11.3 Å². The largest absolute Gasteiger partial charge is 0.367 e. The lowest BCUT2D eigenvalue weighted by molar-refractivity contribution is 1.13. The van der Waals surface area contributed by atoms with Crippen LogP contribution in [-0.2, 0) is 5.75 Å². The molecule has 3 nitrogen and oxygen atoms in total. The minimum absolute atomic E-state index is 0.643. The number of imidazole rings is 1. The van der Waals surface area contributed by atoms with E-state index in [2.05, 4.69) is 27.6 Å². The zero-order valence-corrected chi connectivity index (χ0v) is 7.31. The van der Waals surface area contributed by atoms with Gasteiger partial charge in [0.1, 0.15) is 5.82 Å². The molecule has 0 aromatic carbocycles. The summed E-state index contributed by atoms with van der Waals surface area (Å²) in [7, 11) is 0. The molecule has 0 spiro atoms. The summed E-state index contributed by atoms with van der Waals surface area (Å²) < 4.78 is 0. The highest BCUT2D eigenvalue weighted by atomic mass is 32.1. The Bertz CT molecular complexity index is 350. The van der Waals surface area contributed by atoms with Gasteiger partial charge < -0.3 is 9.97 Å². The van der Waals surface area contributed by atoms with Crippen molar-refractivity contribution in [2.24, 2.45) is 0 Å². The van der Waals surface area contributed by atoms with Gasteiger partial charge in [-0.15, -0.1) is 0 Å². The van der Waals surface area contributed by atoms with Gasteiger partial charge in [0.15, 0.2) is 0 Å². The number of hydrogen-bond donors (Lipinski definition) is 3. The highest BCUT2D eigenvalue weighted by Crippen LogP contribution is 2.15. The van der Waals surface area contributed by atoms with E-state index in [-0.39, 0.29) is 0 Å². The van der Waals surface area contributed by atoms with E-state index in [1.165, 1.54) is 0 Å². The molecule has 2 rings (SSSR count). The van der Waals surface area contributed by atoms with Crippen LogP contribution in [0.1, 0.15) is 5.82 Å². The summed E-state index contributed by atoms with van der Waals surface area (Å²) in [4.78, 5) is 10.3. The Morgan fingerprint density at radius 3 is 3.00 bits per heavy atom. The summed E-state index contributed by atoms with van der Waals surface area (Å²) in [5, 5.41) is 0. The molecule has 0 atom stereocenters. The van der Waals surface area contributed by atoms with Crippen molar-refractivity contribution in [1.82, 2.24) is 15.0 Å². The van der Waals surface area contributed by atoms with Crippen molar-refractivity contribution < 1.29 is 0 Å². The fraction of sp³-hybridized carbons (Fsp3) is 0.125. The highest BCUT2D eigenvalue weighted by Gasteiger charge is 2.00. The number of rotatable bonds is 2. The lowest BCUT2D eigenvalue weighted by Gasteiger charge is -1.88. The average molecular weight is 179 g/mol. The average Bonchev–Trinajstić information content (AvgIpc) is 2.75. The molecule has 0 amide bonds. The third kappa shape index (κ3) is 1.25. The van der Waals surface area contributed by atoms with Crippen molar-refractivity contribution in [2.45, 2.75) is 5.75 Å². The van der Waals surface area contributed by atoms with Crippen LogP contribution in [0.15, 0.2) is 24.7 Å². The third-order valence-electron chi connectivity index (χ3n) is 1.69. The van der Waals surface area contributed by atoms with Gasteiger partial charge in [-0.1, -0.05) is 0 Å². The van der Waals surface area contributed by atoms with E-state index >= 15 is 0 Å². The normalized spacial score (nSPS) is 10.4. The standard InChI is InChI=1S/C8H9N3S/c12-5-8-10-4-7(11-8)6-1-2-9-3-6/h1-4,9,12H,5H2,(H,10,11). The maximum Gasteiger partial charge on any atom is 0.116 e. The van der Waals surface area contributed by atoms with Crippen LogP contribution in [-0.4, -0.2) is 15.0 Å². The quantitative estimate of drug-likeness (QED) is 0.605. The molecule has 62 valence electrons. The van der Waals surface area contributed by atoms with E-state index < -0.39 is 0 Å². The number of H-pyrrole nitrogens is 2. The zero-order valence-electron chi connectivity index (χ0n) is 6.41. The lowest BCUT2D eigenvalue weighted by atomic mass is 10.3. The van der Waals surface area contributed by atoms with Crippen LogP contribution in [0.3, 0.4) is 0 Å². The van der Waals surface area contributed by atoms with Crippen molar-refractivity contribution >= 4 is 12.6 Å². The molecule has 12 heavy (non-hydrogen) atoms. The Morgan fingerprint density at radius 2 is 2.42 bits per heavy atom. The molecule has 0 radical (unpaired) electrons. The molecule has 0 aliphatic rings. The number of aromatic amines is 2. The lowest BCUT2D eigenvalue weighted by Crippen LogP contribution is -1.79. The Balaban J connectivity index is 2.35. The van der Waals surface area contributed by atoms with Gasteiger partial charge >= 0.3 is 0 Å². The van der Waals surface area contributed by atoms with Gasteiger partial charge in [0.2, 0.25) is 0 Å². The van der Waals surface area contributed by atoms with Crippen LogP contribution < -0.4 is 0 Å². The summed E-state index contributed by atoms with van der Waals surface area (Å²) >= 11 is 4.12. The summed E-state index contributed by atoms with van der Waals surface area (Å²) in [6, 6.07) is 2.00. The van der Waals surface area contributed by atoms with Crippen LogP contribution in [0.2, 0.25) is 0 Å². The molecule has 0 aliphatic heterocycles. The van der Waals surface area contributed by atoms with E-state index in [1.54, 1.807) is 0 Å². The molecule has 4 heteroatoms. The minimum atomic E-state index is 0.643. The van der Waals surface area contributed by atoms with Crippen molar-refractivity contribution in [2.75, 3.05) is 0 Å². The smallest absolute Gasteiger partial charge is 0.116 e. The molecular formula is C8H9N3S. The Kier molecular flexibility index (Phi) is 1.91. The molecular weight excluding hydrogens is 170 g/mol. The second-order valence-electron chi connectivity index (χ2n) is 2.50. The number of thiol groups is 1. The van der Waals surface area contributed by atoms with Crippen LogP contribution in [0, 0.1) is 0 Å². The van der Waals surface area contributed by atoms with Crippen molar-refractivity contribution in [1.29, 1.82) is 0 Å². The molecule has 0 bridgehead atoms. The molecule has 0 unspecified atom stereocenters. The van der Waals surface area contributed by atoms with Gasteiger partial charge in [0, 0.05) is 23.7 Å². The first kappa shape index (κ1) is 7.49. The maximum absolute atomic E-state index is 4.14. The number of nitrogens with zero attached hydrogens (tertiary/aromatic N) is 1. The monoisotopic (exact) mass is 179 g/mol. The van der Waals surface area contributed by atoms with Gasteiger partial charge in [-0.3, -0.25) is 0 Å². The Hall–Kier alpha value is -1.16. The van der Waals surface area contributed by atoms with E-state index in [0.29, 0.717) is 5.75 Å². The van der Waals surface area contributed by atoms with Gasteiger partial charge in [-0.25, -0.2) is 4.98 Å². The maximum atomic E-state index is 4.14. The Labute approximate surface area is 75.6 Å². The Morgan fingerprint density at radius 1 is 1.50 bits per heavy atom. The summed E-state index contributed by atoms with van der Waals surface area (Å²) in [5.41, 5.74) is 2.15.